The van der Waals surface area contributed by atoms with Crippen LogP contribution in [0.3, 0.4) is 0 Å². The van der Waals surface area contributed by atoms with Crippen molar-refractivity contribution in [1.29, 1.82) is 0 Å². The number of benzene rings is 1. The van der Waals surface area contributed by atoms with Gasteiger partial charge in [-0.1, -0.05) is 13.3 Å². The highest BCUT2D eigenvalue weighted by Crippen LogP contribution is 2.17. The van der Waals surface area contributed by atoms with E-state index in [4.69, 9.17) is 10.5 Å². The summed E-state index contributed by atoms with van der Waals surface area (Å²) in [5.74, 6) is -0.281. The molecular formula is C13H20N2O3. The molecule has 0 fully saturated rings. The molecule has 0 atom stereocenters. The Kier molecular flexibility index (Phi) is 6.00. The minimum absolute atomic E-state index is 0.0218. The number of phenolic OH excluding ortho intramolecular Hbond substituents is 1. The van der Waals surface area contributed by atoms with E-state index in [0.717, 1.165) is 12.8 Å². The molecule has 1 aromatic carbocycles. The maximum atomic E-state index is 11.7. The van der Waals surface area contributed by atoms with Crippen molar-refractivity contribution in [3.63, 3.8) is 0 Å². The number of unbranched alkanes of at least 4 members (excludes halogenated alkanes) is 1. The third kappa shape index (κ3) is 4.63. The second kappa shape index (κ2) is 7.55. The molecule has 1 amide bonds. The van der Waals surface area contributed by atoms with E-state index in [0.29, 0.717) is 25.4 Å². The van der Waals surface area contributed by atoms with Gasteiger partial charge in [-0.15, -0.1) is 0 Å². The highest BCUT2D eigenvalue weighted by Gasteiger charge is 2.09. The van der Waals surface area contributed by atoms with E-state index in [1.807, 2.05) is 0 Å². The maximum Gasteiger partial charge on any atom is 0.253 e. The Labute approximate surface area is 107 Å². The Morgan fingerprint density at radius 2 is 2.22 bits per heavy atom. The van der Waals surface area contributed by atoms with Crippen molar-refractivity contribution in [3.05, 3.63) is 23.8 Å². The lowest BCUT2D eigenvalue weighted by Crippen LogP contribution is -2.28. The van der Waals surface area contributed by atoms with Gasteiger partial charge in [-0.05, 0) is 24.6 Å². The molecule has 0 heterocycles. The quantitative estimate of drug-likeness (QED) is 0.390. The summed E-state index contributed by atoms with van der Waals surface area (Å²) in [6.07, 6.45) is 2.11. The summed E-state index contributed by atoms with van der Waals surface area (Å²) in [4.78, 5) is 11.7. The van der Waals surface area contributed by atoms with Crippen molar-refractivity contribution in [2.24, 2.45) is 0 Å². The normalized spacial score (nSPS) is 10.3. The van der Waals surface area contributed by atoms with E-state index in [9.17, 15) is 9.90 Å². The summed E-state index contributed by atoms with van der Waals surface area (Å²) in [5, 5.41) is 12.0. The summed E-state index contributed by atoms with van der Waals surface area (Å²) in [5.41, 5.74) is 6.28. The molecule has 0 aliphatic rings. The van der Waals surface area contributed by atoms with Gasteiger partial charge in [0, 0.05) is 18.8 Å². The zero-order valence-corrected chi connectivity index (χ0v) is 10.6. The first-order valence-corrected chi connectivity index (χ1v) is 6.09. The van der Waals surface area contributed by atoms with Gasteiger partial charge in [-0.25, -0.2) is 0 Å². The number of rotatable bonds is 7. The molecule has 5 nitrogen and oxygen atoms in total. The second-order valence-electron chi connectivity index (χ2n) is 3.99. The Hall–Kier alpha value is -1.75. The molecular weight excluding hydrogens is 232 g/mol. The van der Waals surface area contributed by atoms with Gasteiger partial charge in [0.2, 0.25) is 0 Å². The van der Waals surface area contributed by atoms with Gasteiger partial charge in [0.15, 0.2) is 0 Å². The third-order valence-electron chi connectivity index (χ3n) is 2.46. The molecule has 0 saturated heterocycles. The molecule has 5 heteroatoms. The second-order valence-corrected chi connectivity index (χ2v) is 3.99. The van der Waals surface area contributed by atoms with Gasteiger partial charge in [-0.3, -0.25) is 4.79 Å². The Bertz CT molecular complexity index is 394. The van der Waals surface area contributed by atoms with Crippen LogP contribution in [0.15, 0.2) is 18.2 Å². The van der Waals surface area contributed by atoms with E-state index in [2.05, 4.69) is 12.2 Å². The van der Waals surface area contributed by atoms with E-state index < -0.39 is 0 Å². The highest BCUT2D eigenvalue weighted by atomic mass is 16.5. The number of ether oxygens (including phenoxy) is 1. The van der Waals surface area contributed by atoms with Crippen molar-refractivity contribution in [3.8, 4) is 5.75 Å². The van der Waals surface area contributed by atoms with Gasteiger partial charge < -0.3 is 20.9 Å². The lowest BCUT2D eigenvalue weighted by atomic mass is 10.1. The molecule has 18 heavy (non-hydrogen) atoms. The van der Waals surface area contributed by atoms with Crippen molar-refractivity contribution >= 4 is 11.6 Å². The number of amides is 1. The van der Waals surface area contributed by atoms with Crippen LogP contribution in [-0.4, -0.2) is 30.8 Å². The standard InChI is InChI=1S/C13H20N2O3/c1-2-3-7-18-8-6-15-13(17)11-9-10(16)4-5-12(11)14/h4-5,9,16H,2-3,6-8,14H2,1H3,(H,15,17). The number of anilines is 1. The molecule has 0 saturated carbocycles. The number of hydrogen-bond acceptors (Lipinski definition) is 4. The Morgan fingerprint density at radius 1 is 1.44 bits per heavy atom. The number of nitrogens with two attached hydrogens (primary N) is 1. The summed E-state index contributed by atoms with van der Waals surface area (Å²) >= 11 is 0. The number of carbonyl (C=O) groups excluding carboxylic acids is 1. The van der Waals surface area contributed by atoms with Gasteiger partial charge in [0.05, 0.1) is 12.2 Å². The van der Waals surface area contributed by atoms with Gasteiger partial charge in [0.25, 0.3) is 5.91 Å². The number of aromatic hydroxyl groups is 1. The number of nitrogens with one attached hydrogen (secondary N) is 1. The smallest absolute Gasteiger partial charge is 0.253 e. The predicted octanol–water partition coefficient (Wildman–Crippen LogP) is 1.52. The molecule has 4 N–H and O–H groups in total. The first kappa shape index (κ1) is 14.3. The average Bonchev–Trinajstić information content (AvgIpc) is 2.36. The van der Waals surface area contributed by atoms with Crippen LogP contribution < -0.4 is 11.1 Å². The fourth-order valence-electron chi connectivity index (χ4n) is 1.42. The zero-order valence-electron chi connectivity index (χ0n) is 10.6. The molecule has 0 aliphatic heterocycles. The molecule has 0 bridgehead atoms. The van der Waals surface area contributed by atoms with Crippen LogP contribution in [-0.2, 0) is 4.74 Å². The average molecular weight is 252 g/mol. The minimum Gasteiger partial charge on any atom is -0.508 e. The summed E-state index contributed by atoms with van der Waals surface area (Å²) in [6, 6.07) is 4.30. The van der Waals surface area contributed by atoms with Crippen molar-refractivity contribution in [2.45, 2.75) is 19.8 Å². The van der Waals surface area contributed by atoms with Crippen LogP contribution >= 0.6 is 0 Å². The summed E-state index contributed by atoms with van der Waals surface area (Å²) in [6.45, 7) is 3.71. The predicted molar refractivity (Wildman–Crippen MR) is 70.6 cm³/mol. The van der Waals surface area contributed by atoms with Gasteiger partial charge in [0.1, 0.15) is 5.75 Å². The van der Waals surface area contributed by atoms with Crippen LogP contribution in [0.2, 0.25) is 0 Å². The van der Waals surface area contributed by atoms with E-state index in [1.165, 1.54) is 18.2 Å². The van der Waals surface area contributed by atoms with E-state index >= 15 is 0 Å². The number of hydrogen-bond donors (Lipinski definition) is 3. The van der Waals surface area contributed by atoms with Gasteiger partial charge in [-0.2, -0.15) is 0 Å². The first-order chi connectivity index (χ1) is 8.65. The van der Waals surface area contributed by atoms with Crippen LogP contribution in [0.25, 0.3) is 0 Å². The molecule has 0 unspecified atom stereocenters. The Balaban J connectivity index is 2.34. The van der Waals surface area contributed by atoms with Crippen molar-refractivity contribution < 1.29 is 14.6 Å². The number of nitrogen functional groups attached to an aromatic ring is 1. The van der Waals surface area contributed by atoms with E-state index in [-0.39, 0.29) is 17.2 Å². The maximum absolute atomic E-state index is 11.7. The van der Waals surface area contributed by atoms with Gasteiger partial charge >= 0.3 is 0 Å². The monoisotopic (exact) mass is 252 g/mol. The minimum atomic E-state index is -0.303. The zero-order chi connectivity index (χ0) is 13.4. The fraction of sp³-hybridized carbons (Fsp3) is 0.462. The van der Waals surface area contributed by atoms with Crippen LogP contribution in [0.4, 0.5) is 5.69 Å². The summed E-state index contributed by atoms with van der Waals surface area (Å²) in [7, 11) is 0. The molecule has 0 aliphatic carbocycles. The largest absolute Gasteiger partial charge is 0.508 e. The highest BCUT2D eigenvalue weighted by molar-refractivity contribution is 5.99. The molecule has 0 aromatic heterocycles. The van der Waals surface area contributed by atoms with Crippen LogP contribution in [0.1, 0.15) is 30.1 Å². The fourth-order valence-corrected chi connectivity index (χ4v) is 1.42. The van der Waals surface area contributed by atoms with Crippen LogP contribution in [0.5, 0.6) is 5.75 Å². The van der Waals surface area contributed by atoms with E-state index in [1.54, 1.807) is 0 Å². The first-order valence-electron chi connectivity index (χ1n) is 6.09. The van der Waals surface area contributed by atoms with Crippen molar-refractivity contribution in [1.82, 2.24) is 5.32 Å². The van der Waals surface area contributed by atoms with Crippen LogP contribution in [0, 0.1) is 0 Å². The topological polar surface area (TPSA) is 84.6 Å². The SMILES string of the molecule is CCCCOCCNC(=O)c1cc(O)ccc1N. The molecule has 1 rings (SSSR count). The number of carbonyl (C=O) groups is 1. The Morgan fingerprint density at radius 3 is 2.94 bits per heavy atom. The summed E-state index contributed by atoms with van der Waals surface area (Å²) < 4.78 is 5.32. The molecule has 1 aromatic rings. The molecule has 0 radical (unpaired) electrons. The third-order valence-corrected chi connectivity index (χ3v) is 2.46. The lowest BCUT2D eigenvalue weighted by Gasteiger charge is -2.08. The lowest BCUT2D eigenvalue weighted by molar-refractivity contribution is 0.0913. The van der Waals surface area contributed by atoms with Crippen molar-refractivity contribution in [2.75, 3.05) is 25.5 Å². The molecule has 0 spiro atoms. The number of phenols is 1. The molecule has 100 valence electrons.